The van der Waals surface area contributed by atoms with Crippen molar-refractivity contribution in [2.75, 3.05) is 52.3 Å². The molecule has 1 fully saturated rings. The van der Waals surface area contributed by atoms with Gasteiger partial charge in [-0.05, 0) is 67.7 Å². The largest absolute Gasteiger partial charge is 0.487 e. The molecule has 0 unspecified atom stereocenters. The molecule has 0 aliphatic carbocycles. The maximum absolute atomic E-state index is 12.3. The zero-order valence-corrected chi connectivity index (χ0v) is 24.6. The van der Waals surface area contributed by atoms with E-state index in [0.29, 0.717) is 47.7 Å². The van der Waals surface area contributed by atoms with Crippen LogP contribution in [-0.2, 0) is 4.74 Å². The van der Waals surface area contributed by atoms with E-state index < -0.39 is 0 Å². The van der Waals surface area contributed by atoms with Crippen molar-refractivity contribution in [3.63, 3.8) is 0 Å². The molecular weight excluding hydrogens is 530 g/mol. The summed E-state index contributed by atoms with van der Waals surface area (Å²) < 4.78 is 18.9. The van der Waals surface area contributed by atoms with Crippen LogP contribution in [-0.4, -0.2) is 67.5 Å². The van der Waals surface area contributed by atoms with Crippen LogP contribution in [0.15, 0.2) is 73.6 Å². The van der Waals surface area contributed by atoms with Crippen LogP contribution in [0.5, 0.6) is 17.2 Å². The van der Waals surface area contributed by atoms with Gasteiger partial charge in [-0.2, -0.15) is 0 Å². The number of carbonyl (C=O) groups excluding carboxylic acids is 1. The van der Waals surface area contributed by atoms with Gasteiger partial charge in [0.15, 0.2) is 11.5 Å². The summed E-state index contributed by atoms with van der Waals surface area (Å²) in [6.07, 6.45) is 5.81. The first-order chi connectivity index (χ1) is 20.5. The number of benzene rings is 2. The highest BCUT2D eigenvalue weighted by molar-refractivity contribution is 5.93. The number of nitrogens with zero attached hydrogens (tertiary/aromatic N) is 3. The summed E-state index contributed by atoms with van der Waals surface area (Å²) in [6.45, 7) is 10.7. The van der Waals surface area contributed by atoms with Gasteiger partial charge in [0.1, 0.15) is 18.2 Å². The predicted molar refractivity (Wildman–Crippen MR) is 167 cm³/mol. The Balaban J connectivity index is 1.29. The van der Waals surface area contributed by atoms with Gasteiger partial charge in [-0.1, -0.05) is 37.8 Å². The Hall–Kier alpha value is -4.34. The monoisotopic (exact) mass is 569 g/mol. The number of likely N-dealkylation sites (tertiary alicyclic amines) is 1. The molecule has 1 amide bonds. The number of hydrogen-bond acceptors (Lipinski definition) is 7. The molecule has 1 saturated heterocycles. The van der Waals surface area contributed by atoms with Crippen LogP contribution in [0, 0.1) is 0 Å². The summed E-state index contributed by atoms with van der Waals surface area (Å²) in [5, 5.41) is 6.81. The lowest BCUT2D eigenvalue weighted by Gasteiger charge is -2.31. The highest BCUT2D eigenvalue weighted by Gasteiger charge is 2.20. The van der Waals surface area contributed by atoms with Gasteiger partial charge in [-0.25, -0.2) is 9.78 Å². The second-order valence-electron chi connectivity index (χ2n) is 10.4. The zero-order chi connectivity index (χ0) is 29.5. The van der Waals surface area contributed by atoms with Crippen molar-refractivity contribution >= 4 is 28.4 Å². The van der Waals surface area contributed by atoms with Crippen molar-refractivity contribution in [2.24, 2.45) is 0 Å². The van der Waals surface area contributed by atoms with Crippen molar-refractivity contribution in [3.8, 4) is 17.2 Å². The van der Waals surface area contributed by atoms with E-state index in [9.17, 15) is 4.79 Å². The van der Waals surface area contributed by atoms with Crippen LogP contribution in [0.25, 0.3) is 16.6 Å². The fraction of sp³-hybridized carbons (Fsp3) is 0.333. The van der Waals surface area contributed by atoms with Crippen molar-refractivity contribution < 1.29 is 19.0 Å². The number of aromatic nitrogens is 2. The van der Waals surface area contributed by atoms with E-state index in [1.807, 2.05) is 18.2 Å². The van der Waals surface area contributed by atoms with E-state index in [1.54, 1.807) is 38.7 Å². The Bertz CT molecular complexity index is 1520. The van der Waals surface area contributed by atoms with Gasteiger partial charge in [0.2, 0.25) is 0 Å². The molecule has 9 nitrogen and oxygen atoms in total. The first-order valence-electron chi connectivity index (χ1n) is 14.4. The fourth-order valence-electron chi connectivity index (χ4n) is 5.30. The van der Waals surface area contributed by atoms with Gasteiger partial charge in [0.05, 0.1) is 12.1 Å². The van der Waals surface area contributed by atoms with E-state index in [2.05, 4.69) is 58.3 Å². The zero-order valence-electron chi connectivity index (χ0n) is 24.6. The van der Waals surface area contributed by atoms with Crippen LogP contribution in [0.2, 0.25) is 0 Å². The van der Waals surface area contributed by atoms with E-state index in [4.69, 9.17) is 14.2 Å². The van der Waals surface area contributed by atoms with Gasteiger partial charge < -0.3 is 29.7 Å². The smallest absolute Gasteiger partial charge is 0.325 e. The molecule has 2 N–H and O–H groups in total. The average molecular weight is 570 g/mol. The van der Waals surface area contributed by atoms with E-state index in [1.165, 1.54) is 36.1 Å². The van der Waals surface area contributed by atoms with Crippen molar-refractivity contribution in [2.45, 2.75) is 25.7 Å². The Morgan fingerprint density at radius 1 is 1.05 bits per heavy atom. The molecule has 0 atom stereocenters. The lowest BCUT2D eigenvalue weighted by molar-refractivity contribution is 0.145. The van der Waals surface area contributed by atoms with E-state index in [0.717, 1.165) is 23.2 Å². The maximum Gasteiger partial charge on any atom is 0.325 e. The fourth-order valence-corrected chi connectivity index (χ4v) is 5.30. The standard InChI is InChI=1S/C33H39N5O4/c1-5-37-15-11-26(12-16-37)25-8-6-24(7-9-25)23(2)36-32-21-28(10-14-35-32)42-31-20-27-13-17-38(33(39)34-3)29(27)22-30(31)41-19-18-40-4/h6-10,13-14,17,20-22,26H,2,5,11-12,15-16,18-19H2,1,3-4H3,(H,34,39)(H,35,36). The molecule has 5 rings (SSSR count). The number of hydrogen-bond donors (Lipinski definition) is 2. The molecule has 42 heavy (non-hydrogen) atoms. The third-order valence-corrected chi connectivity index (χ3v) is 7.74. The van der Waals surface area contributed by atoms with Gasteiger partial charge in [-0.15, -0.1) is 0 Å². The number of piperidine rings is 1. The topological polar surface area (TPSA) is 89.9 Å². The molecule has 0 radical (unpaired) electrons. The first-order valence-corrected chi connectivity index (χ1v) is 14.4. The third-order valence-electron chi connectivity index (χ3n) is 7.74. The van der Waals surface area contributed by atoms with Crippen molar-refractivity contribution in [3.05, 3.63) is 84.7 Å². The first kappa shape index (κ1) is 29.2. The Labute approximate surface area is 247 Å². The highest BCUT2D eigenvalue weighted by Crippen LogP contribution is 2.37. The van der Waals surface area contributed by atoms with Crippen LogP contribution >= 0.6 is 0 Å². The molecule has 3 heterocycles. The van der Waals surface area contributed by atoms with Gasteiger partial charge in [0, 0.05) is 49.8 Å². The number of anilines is 1. The Kier molecular flexibility index (Phi) is 9.41. The summed E-state index contributed by atoms with van der Waals surface area (Å²) in [5.74, 6) is 2.82. The molecule has 9 heteroatoms. The third kappa shape index (κ3) is 6.75. The molecule has 1 aliphatic rings. The van der Waals surface area contributed by atoms with Crippen molar-refractivity contribution in [1.82, 2.24) is 19.8 Å². The minimum absolute atomic E-state index is 0.237. The molecule has 1 aliphatic heterocycles. The summed E-state index contributed by atoms with van der Waals surface area (Å²) in [6, 6.07) is 17.6. The number of pyridine rings is 1. The van der Waals surface area contributed by atoms with E-state index in [-0.39, 0.29) is 6.03 Å². The van der Waals surface area contributed by atoms with Crippen LogP contribution < -0.4 is 20.1 Å². The molecule has 0 bridgehead atoms. The lowest BCUT2D eigenvalue weighted by atomic mass is 9.89. The second-order valence-corrected chi connectivity index (χ2v) is 10.4. The van der Waals surface area contributed by atoms with Crippen LogP contribution in [0.3, 0.4) is 0 Å². The number of carbonyl (C=O) groups is 1. The SMILES string of the molecule is C=C(Nc1cc(Oc2cc3ccn(C(=O)NC)c3cc2OCCOC)ccn1)c1ccc(C2CCN(CC)CC2)cc1. The lowest BCUT2D eigenvalue weighted by Crippen LogP contribution is -2.32. The minimum Gasteiger partial charge on any atom is -0.487 e. The summed E-state index contributed by atoms with van der Waals surface area (Å²) in [5.41, 5.74) is 3.87. The molecule has 0 spiro atoms. The van der Waals surface area contributed by atoms with Gasteiger partial charge >= 0.3 is 6.03 Å². The average Bonchev–Trinajstić information content (AvgIpc) is 3.43. The van der Waals surface area contributed by atoms with Crippen LogP contribution in [0.4, 0.5) is 10.6 Å². The molecule has 220 valence electrons. The number of fused-ring (bicyclic) bond motifs is 1. The minimum atomic E-state index is -0.237. The normalized spacial score (nSPS) is 14.1. The molecule has 2 aromatic carbocycles. The molecule has 0 saturated carbocycles. The van der Waals surface area contributed by atoms with Crippen LogP contribution in [0.1, 0.15) is 36.8 Å². The summed E-state index contributed by atoms with van der Waals surface area (Å²) >= 11 is 0. The van der Waals surface area contributed by atoms with Gasteiger partial charge in [0.25, 0.3) is 0 Å². The number of rotatable bonds is 11. The second kappa shape index (κ2) is 13.5. The van der Waals surface area contributed by atoms with Gasteiger partial charge in [-0.3, -0.25) is 4.57 Å². The number of ether oxygens (including phenoxy) is 3. The number of methoxy groups -OCH3 is 1. The molecular formula is C33H39N5O4. The quantitative estimate of drug-likeness (QED) is 0.204. The predicted octanol–water partition coefficient (Wildman–Crippen LogP) is 6.32. The number of amides is 1. The summed E-state index contributed by atoms with van der Waals surface area (Å²) in [7, 11) is 3.21. The number of nitrogens with one attached hydrogen (secondary N) is 2. The Morgan fingerprint density at radius 2 is 1.83 bits per heavy atom. The van der Waals surface area contributed by atoms with E-state index >= 15 is 0 Å². The molecule has 2 aromatic heterocycles. The highest BCUT2D eigenvalue weighted by atomic mass is 16.5. The molecule has 4 aromatic rings. The maximum atomic E-state index is 12.3. The summed E-state index contributed by atoms with van der Waals surface area (Å²) in [4.78, 5) is 19.3. The Morgan fingerprint density at radius 3 is 2.55 bits per heavy atom. The van der Waals surface area contributed by atoms with Crippen molar-refractivity contribution in [1.29, 1.82) is 0 Å².